The number of urea groups is 1. The average Bonchev–Trinajstić information content (AvgIpc) is 3.27. The molecular weight excluding hydrogens is 399 g/mol. The van der Waals surface area contributed by atoms with E-state index in [2.05, 4.69) is 5.10 Å². The second kappa shape index (κ2) is 8.13. The van der Waals surface area contributed by atoms with Gasteiger partial charge < -0.3 is 9.80 Å². The number of amides is 3. The van der Waals surface area contributed by atoms with E-state index >= 15 is 0 Å². The lowest BCUT2D eigenvalue weighted by atomic mass is 10.1. The van der Waals surface area contributed by atoms with Crippen molar-refractivity contribution in [1.82, 2.24) is 24.5 Å². The molecule has 0 radical (unpaired) electrons. The van der Waals surface area contributed by atoms with Crippen molar-refractivity contribution in [2.75, 3.05) is 13.6 Å². The van der Waals surface area contributed by atoms with E-state index < -0.39 is 12.2 Å². The number of likely N-dealkylation sites (N-methyl/N-ethyl adjacent to an activating group) is 1. The second-order valence-corrected chi connectivity index (χ2v) is 8.08. The Labute approximate surface area is 180 Å². The van der Waals surface area contributed by atoms with Gasteiger partial charge in [0.25, 0.3) is 5.91 Å². The third-order valence-electron chi connectivity index (χ3n) is 5.80. The fourth-order valence-electron chi connectivity index (χ4n) is 4.17. The third kappa shape index (κ3) is 3.58. The predicted octanol–water partition coefficient (Wildman–Crippen LogP) is 2.75. The summed E-state index contributed by atoms with van der Waals surface area (Å²) in [6.07, 6.45) is 0.895. The zero-order chi connectivity index (χ0) is 22.3. The molecule has 1 aromatic heterocycles. The highest BCUT2D eigenvalue weighted by Crippen LogP contribution is 2.30. The molecule has 0 spiro atoms. The quantitative estimate of drug-likeness (QED) is 0.737. The van der Waals surface area contributed by atoms with E-state index in [4.69, 9.17) is 4.99 Å². The van der Waals surface area contributed by atoms with Crippen molar-refractivity contribution in [2.24, 2.45) is 4.99 Å². The summed E-state index contributed by atoms with van der Waals surface area (Å²) >= 11 is 0. The lowest BCUT2D eigenvalue weighted by Crippen LogP contribution is -2.65. The highest BCUT2D eigenvalue weighted by molar-refractivity contribution is 6.04. The molecule has 1 saturated heterocycles. The van der Waals surface area contributed by atoms with Crippen molar-refractivity contribution >= 4 is 17.9 Å². The Bertz CT molecular complexity index is 1050. The minimum absolute atomic E-state index is 0.139. The molecule has 0 aliphatic carbocycles. The molecule has 31 heavy (non-hydrogen) atoms. The van der Waals surface area contributed by atoms with Crippen LogP contribution in [0, 0.1) is 19.7 Å². The first-order chi connectivity index (χ1) is 14.8. The number of carbonyl (C=O) groups is 2. The topological polar surface area (TPSA) is 74.0 Å². The Morgan fingerprint density at radius 3 is 2.55 bits per heavy atom. The summed E-state index contributed by atoms with van der Waals surface area (Å²) in [5.74, 6) is -0.221. The van der Waals surface area contributed by atoms with E-state index in [0.29, 0.717) is 18.1 Å². The molecule has 2 atom stereocenters. The van der Waals surface area contributed by atoms with Crippen LogP contribution in [0.2, 0.25) is 0 Å². The van der Waals surface area contributed by atoms with Crippen LogP contribution in [0.1, 0.15) is 36.7 Å². The van der Waals surface area contributed by atoms with Crippen molar-refractivity contribution in [2.45, 2.75) is 52.4 Å². The maximum atomic E-state index is 14.5. The minimum atomic E-state index is -0.738. The second-order valence-electron chi connectivity index (χ2n) is 8.08. The maximum Gasteiger partial charge on any atom is 0.328 e. The van der Waals surface area contributed by atoms with Crippen LogP contribution in [-0.4, -0.2) is 68.2 Å². The van der Waals surface area contributed by atoms with Crippen LogP contribution in [-0.2, 0) is 11.3 Å². The molecule has 1 aromatic carbocycles. The SMILES string of the molecule is CCCCN1C(=O)C2C(N=C(n3nc(C)cc3C)N2Cc2ccccc2F)N(C)C1=O. The van der Waals surface area contributed by atoms with E-state index in [-0.39, 0.29) is 24.3 Å². The number of aryl methyl sites for hydroxylation is 2. The van der Waals surface area contributed by atoms with Crippen molar-refractivity contribution in [1.29, 1.82) is 0 Å². The number of carbonyl (C=O) groups excluding carboxylic acids is 2. The monoisotopic (exact) mass is 426 g/mol. The van der Waals surface area contributed by atoms with Crippen LogP contribution in [0.15, 0.2) is 35.3 Å². The molecule has 4 rings (SSSR count). The smallest absolute Gasteiger partial charge is 0.321 e. The molecule has 2 unspecified atom stereocenters. The lowest BCUT2D eigenvalue weighted by molar-refractivity contribution is -0.137. The molecular formula is C22H27FN6O2. The van der Waals surface area contributed by atoms with Gasteiger partial charge in [0.15, 0.2) is 12.2 Å². The van der Waals surface area contributed by atoms with Crippen LogP contribution in [0.3, 0.4) is 0 Å². The molecule has 2 aliphatic rings. The molecule has 0 N–H and O–H groups in total. The van der Waals surface area contributed by atoms with Crippen molar-refractivity contribution in [3.63, 3.8) is 0 Å². The van der Waals surface area contributed by atoms with E-state index in [9.17, 15) is 14.0 Å². The number of hydrogen-bond donors (Lipinski definition) is 0. The molecule has 3 amide bonds. The van der Waals surface area contributed by atoms with E-state index in [0.717, 1.165) is 24.2 Å². The summed E-state index contributed by atoms with van der Waals surface area (Å²) in [5, 5.41) is 4.52. The van der Waals surface area contributed by atoms with Gasteiger partial charge in [-0.05, 0) is 32.4 Å². The molecule has 9 heteroatoms. The van der Waals surface area contributed by atoms with Crippen LogP contribution in [0.25, 0.3) is 0 Å². The maximum absolute atomic E-state index is 14.5. The first kappa shape index (κ1) is 21.0. The fourth-order valence-corrected chi connectivity index (χ4v) is 4.17. The number of hydrogen-bond acceptors (Lipinski definition) is 5. The zero-order valence-electron chi connectivity index (χ0n) is 18.2. The van der Waals surface area contributed by atoms with Gasteiger partial charge in [0.2, 0.25) is 5.96 Å². The van der Waals surface area contributed by atoms with E-state index in [1.165, 1.54) is 15.9 Å². The van der Waals surface area contributed by atoms with E-state index in [1.807, 2.05) is 26.8 Å². The predicted molar refractivity (Wildman–Crippen MR) is 114 cm³/mol. The number of rotatable bonds is 5. The Morgan fingerprint density at radius 1 is 1.16 bits per heavy atom. The van der Waals surface area contributed by atoms with Gasteiger partial charge in [-0.2, -0.15) is 5.10 Å². The minimum Gasteiger partial charge on any atom is -0.321 e. The Balaban J connectivity index is 1.78. The summed E-state index contributed by atoms with van der Waals surface area (Å²) < 4.78 is 16.2. The number of benzene rings is 1. The van der Waals surface area contributed by atoms with Crippen molar-refractivity contribution in [3.8, 4) is 0 Å². The van der Waals surface area contributed by atoms with Gasteiger partial charge in [-0.25, -0.2) is 18.9 Å². The van der Waals surface area contributed by atoms with Gasteiger partial charge in [0, 0.05) is 31.4 Å². The van der Waals surface area contributed by atoms with Gasteiger partial charge in [-0.15, -0.1) is 0 Å². The van der Waals surface area contributed by atoms with Crippen molar-refractivity contribution in [3.05, 3.63) is 53.1 Å². The average molecular weight is 426 g/mol. The summed E-state index contributed by atoms with van der Waals surface area (Å²) in [6.45, 7) is 6.27. The number of unbranched alkanes of at least 4 members (excludes halogenated alkanes) is 1. The molecule has 0 bridgehead atoms. The summed E-state index contributed by atoms with van der Waals surface area (Å²) in [6, 6.07) is 7.30. The number of aromatic nitrogens is 2. The molecule has 164 valence electrons. The number of nitrogens with zero attached hydrogens (tertiary/aromatic N) is 6. The first-order valence-corrected chi connectivity index (χ1v) is 10.5. The summed E-state index contributed by atoms with van der Waals surface area (Å²) in [5.41, 5.74) is 2.10. The Kier molecular flexibility index (Phi) is 5.51. The zero-order valence-corrected chi connectivity index (χ0v) is 18.2. The Hall–Kier alpha value is -3.23. The van der Waals surface area contributed by atoms with Crippen LogP contribution in [0.5, 0.6) is 0 Å². The molecule has 8 nitrogen and oxygen atoms in total. The van der Waals surface area contributed by atoms with E-state index in [1.54, 1.807) is 34.8 Å². The Morgan fingerprint density at radius 2 is 1.90 bits per heavy atom. The molecule has 2 aliphatic heterocycles. The standard InChI is InChI=1S/C22H27FN6O2/c1-5-6-11-27-20(30)18-19(26(4)22(27)31)24-21(29-15(3)12-14(2)25-29)28(18)13-16-9-7-8-10-17(16)23/h7-10,12,18-19H,5-6,11,13H2,1-4H3. The van der Waals surface area contributed by atoms with Gasteiger partial charge in [0.05, 0.1) is 5.69 Å². The number of halogens is 1. The number of aliphatic imine (C=N–C) groups is 1. The number of imide groups is 1. The fraction of sp³-hybridized carbons (Fsp3) is 0.455. The highest BCUT2D eigenvalue weighted by Gasteiger charge is 2.52. The molecule has 2 aromatic rings. The number of fused-ring (bicyclic) bond motifs is 1. The summed E-state index contributed by atoms with van der Waals surface area (Å²) in [4.78, 5) is 35.6. The molecule has 3 heterocycles. The molecule has 1 fully saturated rings. The normalized spacial score (nSPS) is 21.1. The third-order valence-corrected chi connectivity index (χ3v) is 5.80. The highest BCUT2D eigenvalue weighted by atomic mass is 19.1. The van der Waals surface area contributed by atoms with Gasteiger partial charge >= 0.3 is 6.03 Å². The van der Waals surface area contributed by atoms with Gasteiger partial charge in [-0.1, -0.05) is 31.5 Å². The lowest BCUT2D eigenvalue weighted by Gasteiger charge is -2.41. The van der Waals surface area contributed by atoms with Gasteiger partial charge in [-0.3, -0.25) is 9.69 Å². The first-order valence-electron chi connectivity index (χ1n) is 10.5. The van der Waals surface area contributed by atoms with Gasteiger partial charge in [0.1, 0.15) is 5.82 Å². The largest absolute Gasteiger partial charge is 0.328 e. The van der Waals surface area contributed by atoms with Crippen LogP contribution in [0.4, 0.5) is 9.18 Å². The van der Waals surface area contributed by atoms with Crippen LogP contribution < -0.4 is 0 Å². The molecule has 0 saturated carbocycles. The van der Waals surface area contributed by atoms with Crippen LogP contribution >= 0.6 is 0 Å². The van der Waals surface area contributed by atoms with Crippen molar-refractivity contribution < 1.29 is 14.0 Å². The summed E-state index contributed by atoms with van der Waals surface area (Å²) in [7, 11) is 1.65.